The van der Waals surface area contributed by atoms with E-state index in [9.17, 15) is 9.90 Å². The minimum Gasteiger partial charge on any atom is -0.392 e. The van der Waals surface area contributed by atoms with Crippen molar-refractivity contribution in [1.82, 2.24) is 14.8 Å². The van der Waals surface area contributed by atoms with Gasteiger partial charge in [0.15, 0.2) is 0 Å². The lowest BCUT2D eigenvalue weighted by atomic mass is 10.1. The zero-order valence-corrected chi connectivity index (χ0v) is 12.3. The Labute approximate surface area is 117 Å². The second-order valence-electron chi connectivity index (χ2n) is 5.16. The van der Waals surface area contributed by atoms with E-state index >= 15 is 0 Å². The standard InChI is InChI=1S/C13H21N3O2S/c1-10-9-19-12(14-10)7-15(2)13(18)8-16-5-3-4-11(17)6-16/h9,11,17H,3-8H2,1-2H3/t11-/m1/s1. The molecule has 1 aliphatic rings. The Kier molecular flexibility index (Phi) is 4.90. The third-order valence-corrected chi connectivity index (χ3v) is 4.26. The van der Waals surface area contributed by atoms with E-state index in [1.807, 2.05) is 17.2 Å². The fraction of sp³-hybridized carbons (Fsp3) is 0.692. The van der Waals surface area contributed by atoms with E-state index in [-0.39, 0.29) is 12.0 Å². The van der Waals surface area contributed by atoms with E-state index in [2.05, 4.69) is 4.98 Å². The quantitative estimate of drug-likeness (QED) is 0.891. The second kappa shape index (κ2) is 6.45. The van der Waals surface area contributed by atoms with Crippen LogP contribution in [0.4, 0.5) is 0 Å². The molecule has 5 nitrogen and oxygen atoms in total. The van der Waals surface area contributed by atoms with Gasteiger partial charge in [-0.05, 0) is 26.3 Å². The summed E-state index contributed by atoms with van der Waals surface area (Å²) < 4.78 is 0. The highest BCUT2D eigenvalue weighted by Gasteiger charge is 2.21. The summed E-state index contributed by atoms with van der Waals surface area (Å²) in [5.74, 6) is 0.0851. The van der Waals surface area contributed by atoms with Crippen molar-refractivity contribution in [3.63, 3.8) is 0 Å². The first-order valence-corrected chi connectivity index (χ1v) is 7.48. The molecular formula is C13H21N3O2S. The summed E-state index contributed by atoms with van der Waals surface area (Å²) in [6, 6.07) is 0. The lowest BCUT2D eigenvalue weighted by Gasteiger charge is -2.30. The van der Waals surface area contributed by atoms with Gasteiger partial charge in [0.25, 0.3) is 0 Å². The van der Waals surface area contributed by atoms with Crippen molar-refractivity contribution < 1.29 is 9.90 Å². The fourth-order valence-electron chi connectivity index (χ4n) is 2.25. The highest BCUT2D eigenvalue weighted by Crippen LogP contribution is 2.12. The van der Waals surface area contributed by atoms with Crippen LogP contribution in [0.1, 0.15) is 23.5 Å². The summed E-state index contributed by atoms with van der Waals surface area (Å²) in [5.41, 5.74) is 1.00. The SMILES string of the molecule is Cc1csc(CN(C)C(=O)CN2CCC[C@@H](O)C2)n1. The smallest absolute Gasteiger partial charge is 0.236 e. The van der Waals surface area contributed by atoms with Crippen molar-refractivity contribution in [2.45, 2.75) is 32.4 Å². The first kappa shape index (κ1) is 14.4. The van der Waals surface area contributed by atoms with E-state index in [0.717, 1.165) is 30.1 Å². The zero-order chi connectivity index (χ0) is 13.8. The highest BCUT2D eigenvalue weighted by molar-refractivity contribution is 7.09. The number of nitrogens with zero attached hydrogens (tertiary/aromatic N) is 3. The van der Waals surface area contributed by atoms with E-state index in [4.69, 9.17) is 0 Å². The van der Waals surface area contributed by atoms with Gasteiger partial charge in [-0.15, -0.1) is 11.3 Å². The molecule has 0 saturated carbocycles. The highest BCUT2D eigenvalue weighted by atomic mass is 32.1. The van der Waals surface area contributed by atoms with E-state index in [0.29, 0.717) is 19.6 Å². The number of rotatable bonds is 4. The number of β-amino-alcohol motifs (C(OH)–C–C–N with tert-alkyl or cyclic N) is 1. The van der Waals surface area contributed by atoms with Crippen molar-refractivity contribution in [2.24, 2.45) is 0 Å². The maximum absolute atomic E-state index is 12.1. The van der Waals surface area contributed by atoms with Crippen LogP contribution in [-0.4, -0.2) is 58.6 Å². The summed E-state index contributed by atoms with van der Waals surface area (Å²) in [6.07, 6.45) is 1.52. The number of aliphatic hydroxyl groups is 1. The van der Waals surface area contributed by atoms with Crippen LogP contribution in [0.5, 0.6) is 0 Å². The van der Waals surface area contributed by atoms with E-state index in [1.165, 1.54) is 0 Å². The normalized spacial score (nSPS) is 20.5. The minimum atomic E-state index is -0.284. The molecule has 0 bridgehead atoms. The molecule has 0 radical (unpaired) electrons. The fourth-order valence-corrected chi connectivity index (χ4v) is 3.08. The number of likely N-dealkylation sites (N-methyl/N-ethyl adjacent to an activating group) is 1. The molecule has 0 unspecified atom stereocenters. The number of aromatic nitrogens is 1. The Balaban J connectivity index is 1.81. The number of likely N-dealkylation sites (tertiary alicyclic amines) is 1. The Morgan fingerprint density at radius 1 is 1.68 bits per heavy atom. The van der Waals surface area contributed by atoms with Gasteiger partial charge in [0.2, 0.25) is 5.91 Å². The van der Waals surface area contributed by atoms with Crippen LogP contribution >= 0.6 is 11.3 Å². The Morgan fingerprint density at radius 3 is 3.11 bits per heavy atom. The summed E-state index contributed by atoms with van der Waals surface area (Å²) in [4.78, 5) is 20.2. The van der Waals surface area contributed by atoms with Gasteiger partial charge < -0.3 is 10.0 Å². The van der Waals surface area contributed by atoms with E-state index in [1.54, 1.807) is 23.3 Å². The molecule has 106 valence electrons. The van der Waals surface area contributed by atoms with Crippen LogP contribution in [0.2, 0.25) is 0 Å². The Bertz CT molecular complexity index is 435. The van der Waals surface area contributed by atoms with Crippen LogP contribution in [0.25, 0.3) is 0 Å². The number of carbonyl (C=O) groups excluding carboxylic acids is 1. The number of hydrogen-bond donors (Lipinski definition) is 1. The maximum Gasteiger partial charge on any atom is 0.236 e. The monoisotopic (exact) mass is 283 g/mol. The average Bonchev–Trinajstić information content (AvgIpc) is 2.74. The molecule has 6 heteroatoms. The predicted octanol–water partition coefficient (Wildman–Crippen LogP) is 0.867. The molecule has 2 heterocycles. The van der Waals surface area contributed by atoms with Crippen molar-refractivity contribution in [2.75, 3.05) is 26.7 Å². The first-order chi connectivity index (χ1) is 9.04. The van der Waals surface area contributed by atoms with Crippen molar-refractivity contribution in [1.29, 1.82) is 0 Å². The van der Waals surface area contributed by atoms with Crippen LogP contribution in [-0.2, 0) is 11.3 Å². The van der Waals surface area contributed by atoms with Gasteiger partial charge in [0.05, 0.1) is 19.2 Å². The average molecular weight is 283 g/mol. The molecule has 19 heavy (non-hydrogen) atoms. The summed E-state index contributed by atoms with van der Waals surface area (Å²) in [5, 5.41) is 12.6. The molecule has 0 aromatic carbocycles. The molecule has 1 aromatic heterocycles. The molecule has 1 atom stereocenters. The third-order valence-electron chi connectivity index (χ3n) is 3.30. The minimum absolute atomic E-state index is 0.0851. The first-order valence-electron chi connectivity index (χ1n) is 6.60. The second-order valence-corrected chi connectivity index (χ2v) is 6.11. The number of carbonyl (C=O) groups is 1. The van der Waals surface area contributed by atoms with Crippen molar-refractivity contribution in [3.8, 4) is 0 Å². The lowest BCUT2D eigenvalue weighted by molar-refractivity contribution is -0.132. The van der Waals surface area contributed by atoms with Gasteiger partial charge in [0.1, 0.15) is 5.01 Å². The Hall–Kier alpha value is -0.980. The maximum atomic E-state index is 12.1. The zero-order valence-electron chi connectivity index (χ0n) is 11.5. The van der Waals surface area contributed by atoms with Crippen molar-refractivity contribution >= 4 is 17.2 Å². The van der Waals surface area contributed by atoms with E-state index < -0.39 is 0 Å². The molecule has 1 amide bonds. The lowest BCUT2D eigenvalue weighted by Crippen LogP contribution is -2.44. The molecule has 1 aromatic rings. The molecular weight excluding hydrogens is 262 g/mol. The summed E-state index contributed by atoms with van der Waals surface area (Å²) in [7, 11) is 1.81. The number of amides is 1. The van der Waals surface area contributed by atoms with Gasteiger partial charge in [-0.1, -0.05) is 0 Å². The molecule has 1 N–H and O–H groups in total. The molecule has 1 saturated heterocycles. The van der Waals surface area contributed by atoms with Crippen LogP contribution in [0.3, 0.4) is 0 Å². The van der Waals surface area contributed by atoms with Crippen LogP contribution < -0.4 is 0 Å². The number of hydrogen-bond acceptors (Lipinski definition) is 5. The van der Waals surface area contributed by atoms with Gasteiger partial charge in [-0.3, -0.25) is 9.69 Å². The molecule has 1 fully saturated rings. The van der Waals surface area contributed by atoms with Gasteiger partial charge >= 0.3 is 0 Å². The number of aliphatic hydroxyl groups excluding tert-OH is 1. The third kappa shape index (κ3) is 4.26. The number of aryl methyl sites for hydroxylation is 1. The largest absolute Gasteiger partial charge is 0.392 e. The predicted molar refractivity (Wildman–Crippen MR) is 75.0 cm³/mol. The summed E-state index contributed by atoms with van der Waals surface area (Å²) in [6.45, 7) is 4.41. The van der Waals surface area contributed by atoms with Gasteiger partial charge in [-0.25, -0.2) is 4.98 Å². The van der Waals surface area contributed by atoms with Gasteiger partial charge in [0, 0.05) is 24.7 Å². The van der Waals surface area contributed by atoms with Crippen molar-refractivity contribution in [3.05, 3.63) is 16.1 Å². The summed E-state index contributed by atoms with van der Waals surface area (Å²) >= 11 is 1.58. The van der Waals surface area contributed by atoms with Crippen LogP contribution in [0, 0.1) is 6.92 Å². The molecule has 1 aliphatic heterocycles. The van der Waals surface area contributed by atoms with Crippen LogP contribution in [0.15, 0.2) is 5.38 Å². The number of thiazole rings is 1. The Morgan fingerprint density at radius 2 is 2.47 bits per heavy atom. The van der Waals surface area contributed by atoms with Gasteiger partial charge in [-0.2, -0.15) is 0 Å². The molecule has 2 rings (SSSR count). The topological polar surface area (TPSA) is 56.7 Å². The molecule has 0 aliphatic carbocycles. The number of piperidine rings is 1. The molecule has 0 spiro atoms.